The van der Waals surface area contributed by atoms with Crippen molar-refractivity contribution in [2.24, 2.45) is 5.92 Å². The van der Waals surface area contributed by atoms with Gasteiger partial charge in [-0.1, -0.05) is 19.3 Å². The predicted octanol–water partition coefficient (Wildman–Crippen LogP) is 4.49. The minimum Gasteiger partial charge on any atom is -0.467 e. The smallest absolute Gasteiger partial charge is 0.230 e. The van der Waals surface area contributed by atoms with Crippen molar-refractivity contribution >= 4 is 27.3 Å². The Bertz CT molecular complexity index is 1180. The van der Waals surface area contributed by atoms with Crippen LogP contribution in [0, 0.1) is 5.92 Å². The van der Waals surface area contributed by atoms with E-state index < -0.39 is 15.1 Å². The van der Waals surface area contributed by atoms with E-state index in [9.17, 15) is 18.0 Å². The zero-order valence-corrected chi connectivity index (χ0v) is 21.1. The van der Waals surface area contributed by atoms with Gasteiger partial charge in [-0.05, 0) is 74.9 Å². The first kappa shape index (κ1) is 24.1. The lowest BCUT2D eigenvalue weighted by Gasteiger charge is -2.34. The second-order valence-corrected chi connectivity index (χ2v) is 12.6. The van der Waals surface area contributed by atoms with Gasteiger partial charge in [-0.15, -0.1) is 0 Å². The molecule has 2 aliphatic carbocycles. The first-order valence-electron chi connectivity index (χ1n) is 12.8. The minimum atomic E-state index is -3.70. The van der Waals surface area contributed by atoms with Crippen molar-refractivity contribution in [3.05, 3.63) is 47.9 Å². The Hall–Kier alpha value is -2.61. The summed E-state index contributed by atoms with van der Waals surface area (Å²) < 4.78 is 32.4. The molecule has 0 bridgehead atoms. The molecule has 0 unspecified atom stereocenters. The van der Waals surface area contributed by atoms with Gasteiger partial charge in [0.25, 0.3) is 0 Å². The molecule has 1 aromatic heterocycles. The Morgan fingerprint density at radius 2 is 1.89 bits per heavy atom. The van der Waals surface area contributed by atoms with Crippen LogP contribution in [-0.4, -0.2) is 43.0 Å². The van der Waals surface area contributed by atoms with Crippen LogP contribution in [0.3, 0.4) is 0 Å². The van der Waals surface area contributed by atoms with Crippen LogP contribution in [-0.2, 0) is 32.4 Å². The number of hydrogen-bond acceptors (Lipinski definition) is 5. The highest BCUT2D eigenvalue weighted by Gasteiger charge is 2.37. The summed E-state index contributed by atoms with van der Waals surface area (Å²) >= 11 is 0. The third-order valence-electron chi connectivity index (χ3n) is 7.70. The number of benzene rings is 1. The van der Waals surface area contributed by atoms with E-state index in [0.29, 0.717) is 25.3 Å². The average molecular weight is 499 g/mol. The molecular formula is C27H34N2O5S. The summed E-state index contributed by atoms with van der Waals surface area (Å²) in [5.74, 6) is 0.844. The molecule has 0 spiro atoms. The van der Waals surface area contributed by atoms with Crippen molar-refractivity contribution in [3.8, 4) is 0 Å². The Balaban J connectivity index is 1.31. The molecule has 1 aliphatic heterocycles. The van der Waals surface area contributed by atoms with Crippen LogP contribution in [0.15, 0.2) is 45.9 Å². The van der Waals surface area contributed by atoms with Crippen LogP contribution in [0.5, 0.6) is 0 Å². The average Bonchev–Trinajstić information content (AvgIpc) is 3.42. The molecule has 3 aliphatic rings. The fourth-order valence-electron chi connectivity index (χ4n) is 5.42. The third-order valence-corrected chi connectivity index (χ3v) is 9.84. The zero-order chi connectivity index (χ0) is 24.6. The van der Waals surface area contributed by atoms with Gasteiger partial charge in [0.1, 0.15) is 5.76 Å². The highest BCUT2D eigenvalue weighted by molar-refractivity contribution is 7.92. The molecule has 2 saturated carbocycles. The summed E-state index contributed by atoms with van der Waals surface area (Å²) in [5.41, 5.74) is 1.71. The molecule has 8 heteroatoms. The molecule has 2 aromatic rings. The van der Waals surface area contributed by atoms with Gasteiger partial charge in [0.05, 0.1) is 23.0 Å². The first-order valence-corrected chi connectivity index (χ1v) is 14.4. The summed E-state index contributed by atoms with van der Waals surface area (Å²) in [6.45, 7) is 2.59. The van der Waals surface area contributed by atoms with Gasteiger partial charge in [-0.25, -0.2) is 8.42 Å². The summed E-state index contributed by atoms with van der Waals surface area (Å²) in [6, 6.07) is 8.83. The van der Waals surface area contributed by atoms with E-state index in [1.807, 2.05) is 11.0 Å². The number of anilines is 1. The molecule has 35 heavy (non-hydrogen) atoms. The molecule has 0 saturated heterocycles. The second-order valence-electron chi connectivity index (χ2n) is 10.3. The van der Waals surface area contributed by atoms with Crippen molar-refractivity contribution < 1.29 is 22.4 Å². The van der Waals surface area contributed by atoms with E-state index in [-0.39, 0.29) is 35.1 Å². The number of sulfone groups is 1. The first-order chi connectivity index (χ1) is 16.8. The summed E-state index contributed by atoms with van der Waals surface area (Å²) in [4.78, 5) is 29.8. The highest BCUT2D eigenvalue weighted by Crippen LogP contribution is 2.37. The largest absolute Gasteiger partial charge is 0.467 e. The van der Waals surface area contributed by atoms with Gasteiger partial charge in [-0.2, -0.15) is 0 Å². The fraction of sp³-hybridized carbons (Fsp3) is 0.556. The molecule has 2 heterocycles. The molecule has 0 N–H and O–H groups in total. The van der Waals surface area contributed by atoms with Gasteiger partial charge in [0.2, 0.25) is 11.8 Å². The maximum atomic E-state index is 13.4. The predicted molar refractivity (Wildman–Crippen MR) is 133 cm³/mol. The molecule has 188 valence electrons. The SMILES string of the molecule is C[C@H](CC(=O)N(Cc1ccco1)C1CCCCC1)S(=O)(=O)c1ccc2c(c1)CCN2C(=O)C1CC1. The monoisotopic (exact) mass is 498 g/mol. The quantitative estimate of drug-likeness (QED) is 0.535. The molecule has 1 atom stereocenters. The van der Waals surface area contributed by atoms with Gasteiger partial charge in [-0.3, -0.25) is 9.59 Å². The van der Waals surface area contributed by atoms with Gasteiger partial charge < -0.3 is 14.2 Å². The molecule has 1 aromatic carbocycles. The normalized spacial score (nSPS) is 19.4. The van der Waals surface area contributed by atoms with Crippen LogP contribution in [0.1, 0.15) is 69.6 Å². The van der Waals surface area contributed by atoms with Crippen LogP contribution in [0.25, 0.3) is 0 Å². The maximum absolute atomic E-state index is 13.4. The number of rotatable bonds is 8. The van der Waals surface area contributed by atoms with Crippen LogP contribution >= 0.6 is 0 Å². The van der Waals surface area contributed by atoms with Crippen LogP contribution < -0.4 is 4.90 Å². The standard InChI is InChI=1S/C27H34N2O5S/c1-19(16-26(30)29(18-23-8-5-15-34-23)22-6-3-2-4-7-22)35(32,33)24-11-12-25-21(17-24)13-14-28(25)27(31)20-9-10-20/h5,8,11-12,15,17,19-20,22H,2-4,6-7,9-10,13-14,16,18H2,1H3/t19-/m1/s1. The zero-order valence-electron chi connectivity index (χ0n) is 20.3. The topological polar surface area (TPSA) is 87.9 Å². The van der Waals surface area contributed by atoms with Crippen LogP contribution in [0.4, 0.5) is 5.69 Å². The number of carbonyl (C=O) groups is 2. The molecule has 7 nitrogen and oxygen atoms in total. The fourth-order valence-corrected chi connectivity index (χ4v) is 6.81. The Kier molecular flexibility index (Phi) is 6.75. The summed E-state index contributed by atoms with van der Waals surface area (Å²) in [7, 11) is -3.70. The number of amides is 2. The number of furan rings is 1. The molecular weight excluding hydrogens is 464 g/mol. The van der Waals surface area contributed by atoms with Crippen molar-refractivity contribution in [1.29, 1.82) is 0 Å². The van der Waals surface area contributed by atoms with E-state index in [0.717, 1.165) is 49.8 Å². The van der Waals surface area contributed by atoms with Gasteiger partial charge >= 0.3 is 0 Å². The summed E-state index contributed by atoms with van der Waals surface area (Å²) in [5, 5.41) is -0.846. The molecule has 5 rings (SSSR count). The molecule has 2 amide bonds. The molecule has 2 fully saturated rings. The van der Waals surface area contributed by atoms with Crippen molar-refractivity contribution in [3.63, 3.8) is 0 Å². The number of carbonyl (C=O) groups excluding carboxylic acids is 2. The minimum absolute atomic E-state index is 0.0666. The second kappa shape index (κ2) is 9.80. The number of hydrogen-bond donors (Lipinski definition) is 0. The lowest BCUT2D eigenvalue weighted by molar-refractivity contribution is -0.135. The van der Waals surface area contributed by atoms with E-state index >= 15 is 0 Å². The number of fused-ring (bicyclic) bond motifs is 1. The van der Waals surface area contributed by atoms with Crippen LogP contribution in [0.2, 0.25) is 0 Å². The summed E-state index contributed by atoms with van der Waals surface area (Å²) in [6.07, 6.45) is 9.28. The Morgan fingerprint density at radius 3 is 2.57 bits per heavy atom. The van der Waals surface area contributed by atoms with Crippen molar-refractivity contribution in [1.82, 2.24) is 4.90 Å². The van der Waals surface area contributed by atoms with Crippen molar-refractivity contribution in [2.75, 3.05) is 11.4 Å². The van der Waals surface area contributed by atoms with Crippen molar-refractivity contribution in [2.45, 2.75) is 87.4 Å². The van der Waals surface area contributed by atoms with Gasteiger partial charge in [0, 0.05) is 30.6 Å². The lowest BCUT2D eigenvalue weighted by atomic mass is 9.93. The van der Waals surface area contributed by atoms with E-state index in [1.54, 1.807) is 42.4 Å². The van der Waals surface area contributed by atoms with E-state index in [4.69, 9.17) is 4.42 Å². The lowest BCUT2D eigenvalue weighted by Crippen LogP contribution is -2.42. The Labute approximate surface area is 207 Å². The third kappa shape index (κ3) is 5.03. The molecule has 0 radical (unpaired) electrons. The van der Waals surface area contributed by atoms with E-state index in [2.05, 4.69) is 0 Å². The number of nitrogens with zero attached hydrogens (tertiary/aromatic N) is 2. The van der Waals surface area contributed by atoms with E-state index in [1.165, 1.54) is 6.42 Å². The maximum Gasteiger partial charge on any atom is 0.230 e. The highest BCUT2D eigenvalue weighted by atomic mass is 32.2. The Morgan fingerprint density at radius 1 is 1.11 bits per heavy atom. The van der Waals surface area contributed by atoms with Gasteiger partial charge in [0.15, 0.2) is 9.84 Å².